The first-order valence-electron chi connectivity index (χ1n) is 7.86. The number of hydrogen-bond acceptors (Lipinski definition) is 5. The van der Waals surface area contributed by atoms with Gasteiger partial charge < -0.3 is 9.84 Å². The molecule has 2 rings (SSSR count). The lowest BCUT2D eigenvalue weighted by atomic mass is 9.97. The number of para-hydroxylation sites is 2. The predicted octanol–water partition coefficient (Wildman–Crippen LogP) is 2.60. The lowest BCUT2D eigenvalue weighted by molar-refractivity contribution is -0.385. The molecular formula is C16H24N2O4. The van der Waals surface area contributed by atoms with E-state index in [0.29, 0.717) is 18.4 Å². The number of nitrogens with zero attached hydrogens (tertiary/aromatic N) is 2. The average Bonchev–Trinajstić information content (AvgIpc) is 2.49. The van der Waals surface area contributed by atoms with Crippen LogP contribution in [0.4, 0.5) is 5.69 Å². The van der Waals surface area contributed by atoms with E-state index in [4.69, 9.17) is 4.74 Å². The number of benzene rings is 1. The van der Waals surface area contributed by atoms with Gasteiger partial charge in [-0.3, -0.25) is 15.0 Å². The Morgan fingerprint density at radius 2 is 2.23 bits per heavy atom. The van der Waals surface area contributed by atoms with Crippen molar-refractivity contribution in [1.29, 1.82) is 0 Å². The summed E-state index contributed by atoms with van der Waals surface area (Å²) in [5.74, 6) is 0.316. The van der Waals surface area contributed by atoms with Crippen molar-refractivity contribution in [3.05, 3.63) is 34.4 Å². The van der Waals surface area contributed by atoms with Crippen LogP contribution in [-0.4, -0.2) is 46.8 Å². The van der Waals surface area contributed by atoms with Crippen molar-refractivity contribution in [3.63, 3.8) is 0 Å². The summed E-state index contributed by atoms with van der Waals surface area (Å²) in [5, 5.41) is 20.5. The third kappa shape index (κ3) is 4.68. The van der Waals surface area contributed by atoms with Crippen LogP contribution in [0.15, 0.2) is 24.3 Å². The van der Waals surface area contributed by atoms with Gasteiger partial charge in [0.05, 0.1) is 11.0 Å². The van der Waals surface area contributed by atoms with Gasteiger partial charge in [-0.2, -0.15) is 0 Å². The van der Waals surface area contributed by atoms with Crippen molar-refractivity contribution in [1.82, 2.24) is 4.90 Å². The highest BCUT2D eigenvalue weighted by atomic mass is 16.6. The second-order valence-corrected chi connectivity index (χ2v) is 5.84. The summed E-state index contributed by atoms with van der Waals surface area (Å²) in [6, 6.07) is 6.82. The van der Waals surface area contributed by atoms with Gasteiger partial charge in [0.1, 0.15) is 6.61 Å². The number of rotatable bonds is 7. The summed E-state index contributed by atoms with van der Waals surface area (Å²) >= 11 is 0. The average molecular weight is 308 g/mol. The zero-order valence-corrected chi connectivity index (χ0v) is 13.0. The molecule has 1 aliphatic rings. The van der Waals surface area contributed by atoms with E-state index in [1.165, 1.54) is 12.5 Å². The Kier molecular flexibility index (Phi) is 6.15. The second-order valence-electron chi connectivity index (χ2n) is 5.84. The molecule has 1 aliphatic heterocycles. The molecule has 2 atom stereocenters. The van der Waals surface area contributed by atoms with Crippen molar-refractivity contribution in [2.75, 3.05) is 19.7 Å². The van der Waals surface area contributed by atoms with E-state index in [2.05, 4.69) is 4.90 Å². The minimum absolute atomic E-state index is 0.00155. The first-order valence-corrected chi connectivity index (χ1v) is 7.86. The van der Waals surface area contributed by atoms with E-state index in [9.17, 15) is 15.2 Å². The zero-order chi connectivity index (χ0) is 15.9. The van der Waals surface area contributed by atoms with Crippen LogP contribution in [0.5, 0.6) is 5.75 Å². The summed E-state index contributed by atoms with van der Waals surface area (Å²) in [6.07, 6.45) is 3.91. The standard InChI is InChI=1S/C16H24N2O4/c1-13(19)12-14-6-4-5-9-17(14)10-11-22-16-8-3-2-7-15(16)18(20)21/h2-3,7-8,13-14,19H,4-6,9-12H2,1H3/t13-,14+/m1/s1. The number of ether oxygens (including phenoxy) is 1. The largest absolute Gasteiger partial charge is 0.485 e. The van der Waals surface area contributed by atoms with E-state index in [-0.39, 0.29) is 11.8 Å². The monoisotopic (exact) mass is 308 g/mol. The van der Waals surface area contributed by atoms with Crippen LogP contribution in [0.1, 0.15) is 32.6 Å². The molecule has 0 spiro atoms. The highest BCUT2D eigenvalue weighted by Gasteiger charge is 2.23. The lowest BCUT2D eigenvalue weighted by Gasteiger charge is -2.36. The van der Waals surface area contributed by atoms with Gasteiger partial charge in [0, 0.05) is 18.7 Å². The fraction of sp³-hybridized carbons (Fsp3) is 0.625. The highest BCUT2D eigenvalue weighted by Crippen LogP contribution is 2.26. The Labute approximate surface area is 130 Å². The van der Waals surface area contributed by atoms with Crippen molar-refractivity contribution < 1.29 is 14.8 Å². The van der Waals surface area contributed by atoms with Gasteiger partial charge in [0.2, 0.25) is 0 Å². The summed E-state index contributed by atoms with van der Waals surface area (Å²) in [7, 11) is 0. The minimum Gasteiger partial charge on any atom is -0.485 e. The Hall–Kier alpha value is -1.66. The molecule has 0 unspecified atom stereocenters. The number of hydrogen-bond donors (Lipinski definition) is 1. The minimum atomic E-state index is -0.424. The molecule has 0 aromatic heterocycles. The summed E-state index contributed by atoms with van der Waals surface area (Å²) < 4.78 is 5.61. The number of nitro groups is 1. The van der Waals surface area contributed by atoms with Crippen molar-refractivity contribution in [2.24, 2.45) is 0 Å². The normalized spacial score (nSPS) is 20.5. The molecule has 0 aliphatic carbocycles. The molecule has 22 heavy (non-hydrogen) atoms. The molecule has 1 saturated heterocycles. The molecule has 1 fully saturated rings. The van der Waals surface area contributed by atoms with E-state index in [0.717, 1.165) is 32.4 Å². The first kappa shape index (κ1) is 16.7. The van der Waals surface area contributed by atoms with Crippen LogP contribution < -0.4 is 4.74 Å². The molecule has 1 N–H and O–H groups in total. The first-order chi connectivity index (χ1) is 10.6. The molecule has 6 nitrogen and oxygen atoms in total. The Morgan fingerprint density at radius 1 is 1.45 bits per heavy atom. The number of aliphatic hydroxyl groups is 1. The van der Waals surface area contributed by atoms with Crippen LogP contribution in [0, 0.1) is 10.1 Å². The Morgan fingerprint density at radius 3 is 2.95 bits per heavy atom. The van der Waals surface area contributed by atoms with E-state index >= 15 is 0 Å². The molecule has 122 valence electrons. The van der Waals surface area contributed by atoms with E-state index in [1.807, 2.05) is 6.92 Å². The predicted molar refractivity (Wildman–Crippen MR) is 84.1 cm³/mol. The van der Waals surface area contributed by atoms with Crippen LogP contribution in [-0.2, 0) is 0 Å². The third-order valence-corrected chi connectivity index (χ3v) is 4.06. The highest BCUT2D eigenvalue weighted by molar-refractivity contribution is 5.45. The lowest BCUT2D eigenvalue weighted by Crippen LogP contribution is -2.43. The maximum atomic E-state index is 10.9. The second kappa shape index (κ2) is 8.10. The van der Waals surface area contributed by atoms with E-state index in [1.54, 1.807) is 18.2 Å². The Bertz CT molecular complexity index is 493. The zero-order valence-electron chi connectivity index (χ0n) is 13.0. The number of aliphatic hydroxyl groups excluding tert-OH is 1. The van der Waals surface area contributed by atoms with Gasteiger partial charge in [-0.1, -0.05) is 18.6 Å². The molecule has 6 heteroatoms. The topological polar surface area (TPSA) is 75.8 Å². The van der Waals surface area contributed by atoms with E-state index < -0.39 is 4.92 Å². The quantitative estimate of drug-likeness (QED) is 0.619. The molecule has 1 heterocycles. The van der Waals surface area contributed by atoms with Gasteiger partial charge in [0.15, 0.2) is 5.75 Å². The van der Waals surface area contributed by atoms with Gasteiger partial charge >= 0.3 is 5.69 Å². The van der Waals surface area contributed by atoms with Gasteiger partial charge in [-0.15, -0.1) is 0 Å². The van der Waals surface area contributed by atoms with Crippen molar-refractivity contribution >= 4 is 5.69 Å². The number of piperidine rings is 1. The molecule has 0 radical (unpaired) electrons. The number of nitro benzene ring substituents is 1. The van der Waals surface area contributed by atoms with Crippen molar-refractivity contribution in [2.45, 2.75) is 44.8 Å². The SMILES string of the molecule is C[C@@H](O)C[C@@H]1CCCCN1CCOc1ccccc1[N+](=O)[O-]. The molecule has 0 amide bonds. The van der Waals surface area contributed by atoms with Gasteiger partial charge in [-0.25, -0.2) is 0 Å². The summed E-state index contributed by atoms with van der Waals surface area (Å²) in [4.78, 5) is 12.8. The summed E-state index contributed by atoms with van der Waals surface area (Å²) in [6.45, 7) is 3.96. The molecule has 1 aromatic rings. The van der Waals surface area contributed by atoms with Crippen molar-refractivity contribution in [3.8, 4) is 5.75 Å². The van der Waals surface area contributed by atoms with Crippen LogP contribution in [0.2, 0.25) is 0 Å². The molecule has 0 saturated carbocycles. The number of likely N-dealkylation sites (tertiary alicyclic amines) is 1. The summed E-state index contributed by atoms with van der Waals surface area (Å²) in [5.41, 5.74) is 0.00155. The third-order valence-electron chi connectivity index (χ3n) is 4.06. The smallest absolute Gasteiger partial charge is 0.310 e. The maximum Gasteiger partial charge on any atom is 0.310 e. The van der Waals surface area contributed by atoms with Gasteiger partial charge in [0.25, 0.3) is 0 Å². The fourth-order valence-electron chi connectivity index (χ4n) is 3.02. The maximum absolute atomic E-state index is 10.9. The van der Waals surface area contributed by atoms with Crippen LogP contribution in [0.3, 0.4) is 0 Å². The van der Waals surface area contributed by atoms with Gasteiger partial charge in [-0.05, 0) is 38.8 Å². The van der Waals surface area contributed by atoms with Crippen LogP contribution >= 0.6 is 0 Å². The van der Waals surface area contributed by atoms with Crippen LogP contribution in [0.25, 0.3) is 0 Å². The molecule has 0 bridgehead atoms. The molecule has 1 aromatic carbocycles. The Balaban J connectivity index is 1.88. The fourth-order valence-corrected chi connectivity index (χ4v) is 3.02. The molecular weight excluding hydrogens is 284 g/mol.